The van der Waals surface area contributed by atoms with Crippen LogP contribution in [0.25, 0.3) is 34.1 Å². The number of halogens is 3. The van der Waals surface area contributed by atoms with Crippen molar-refractivity contribution in [1.82, 2.24) is 38.9 Å². The Hall–Kier alpha value is -4.80. The van der Waals surface area contributed by atoms with Crippen LogP contribution in [0.5, 0.6) is 0 Å². The summed E-state index contributed by atoms with van der Waals surface area (Å²) in [5.74, 6) is -3.08. The lowest BCUT2D eigenvalue weighted by Gasteiger charge is -2.24. The number of alkyl halides is 2. The zero-order valence-electron chi connectivity index (χ0n) is 23.1. The molecule has 0 fully saturated rings. The number of aromatic nitrogens is 8. The zero-order chi connectivity index (χ0) is 29.1. The summed E-state index contributed by atoms with van der Waals surface area (Å²) in [6.45, 7) is 8.52. The molecule has 0 radical (unpaired) electrons. The maximum Gasteiger partial charge on any atom is 0.271 e. The van der Waals surface area contributed by atoms with E-state index < -0.39 is 17.8 Å². The second kappa shape index (κ2) is 9.69. The molecule has 0 bridgehead atoms. The van der Waals surface area contributed by atoms with Crippen LogP contribution in [0.3, 0.4) is 0 Å². The first kappa shape index (κ1) is 26.4. The number of fused-ring (bicyclic) bond motifs is 1. The van der Waals surface area contributed by atoms with Gasteiger partial charge in [0.1, 0.15) is 11.9 Å². The average Bonchev–Trinajstić information content (AvgIpc) is 3.61. The molecule has 1 aromatic carbocycles. The number of benzene rings is 1. The van der Waals surface area contributed by atoms with Crippen molar-refractivity contribution in [3.8, 4) is 28.5 Å². The van der Waals surface area contributed by atoms with Crippen molar-refractivity contribution in [2.24, 2.45) is 0 Å². The minimum atomic E-state index is -3.16. The molecule has 41 heavy (non-hydrogen) atoms. The molecule has 0 aliphatic rings. The average molecular weight is 557 g/mol. The monoisotopic (exact) mass is 556 g/mol. The molecule has 0 aliphatic carbocycles. The number of hydrogen-bond donors (Lipinski definition) is 0. The molecule has 0 amide bonds. The molecule has 5 heterocycles. The Labute approximate surface area is 234 Å². The van der Waals surface area contributed by atoms with Crippen molar-refractivity contribution in [2.45, 2.75) is 46.6 Å². The number of aryl methyl sites for hydroxylation is 4. The smallest absolute Gasteiger partial charge is 0.271 e. The summed E-state index contributed by atoms with van der Waals surface area (Å²) in [6, 6.07) is 9.55. The van der Waals surface area contributed by atoms with E-state index in [-0.39, 0.29) is 5.56 Å². The zero-order valence-corrected chi connectivity index (χ0v) is 23.1. The van der Waals surface area contributed by atoms with Gasteiger partial charge in [0.25, 0.3) is 11.9 Å². The first-order valence-corrected chi connectivity index (χ1v) is 13.0. The molecule has 0 spiro atoms. The second-order valence-electron chi connectivity index (χ2n) is 10.3. The van der Waals surface area contributed by atoms with Crippen LogP contribution in [0.2, 0.25) is 0 Å². The summed E-state index contributed by atoms with van der Waals surface area (Å²) in [6.07, 6.45) is 6.60. The van der Waals surface area contributed by atoms with Crippen molar-refractivity contribution in [3.05, 3.63) is 101 Å². The lowest BCUT2D eigenvalue weighted by atomic mass is 10.0. The van der Waals surface area contributed by atoms with E-state index >= 15 is 0 Å². The minimum absolute atomic E-state index is 0.245. The molecule has 0 aliphatic heterocycles. The molecule has 0 saturated heterocycles. The summed E-state index contributed by atoms with van der Waals surface area (Å²) < 4.78 is 48.0. The first-order chi connectivity index (χ1) is 19.5. The first-order valence-electron chi connectivity index (χ1n) is 13.0. The van der Waals surface area contributed by atoms with Crippen molar-refractivity contribution < 1.29 is 13.2 Å². The fourth-order valence-electron chi connectivity index (χ4n) is 5.23. The van der Waals surface area contributed by atoms with E-state index in [0.29, 0.717) is 34.2 Å². The highest BCUT2D eigenvalue weighted by Crippen LogP contribution is 2.36. The van der Waals surface area contributed by atoms with E-state index in [1.807, 2.05) is 49.7 Å². The Bertz CT molecular complexity index is 1870. The van der Waals surface area contributed by atoms with Crippen molar-refractivity contribution in [3.63, 3.8) is 0 Å². The Balaban J connectivity index is 1.39. The van der Waals surface area contributed by atoms with Gasteiger partial charge in [0, 0.05) is 47.4 Å². The van der Waals surface area contributed by atoms with Gasteiger partial charge in [0.05, 0.1) is 29.5 Å². The van der Waals surface area contributed by atoms with Gasteiger partial charge in [-0.25, -0.2) is 22.7 Å². The van der Waals surface area contributed by atoms with Crippen molar-refractivity contribution in [1.29, 1.82) is 0 Å². The largest absolute Gasteiger partial charge is 0.286 e. The van der Waals surface area contributed by atoms with Gasteiger partial charge in [-0.3, -0.25) is 14.2 Å². The van der Waals surface area contributed by atoms with Gasteiger partial charge in [0.15, 0.2) is 5.65 Å². The summed E-state index contributed by atoms with van der Waals surface area (Å²) in [7, 11) is 0. The van der Waals surface area contributed by atoms with Gasteiger partial charge in [0.2, 0.25) is 0 Å². The molecule has 0 saturated carbocycles. The molecule has 11 heteroatoms. The molecule has 0 N–H and O–H groups in total. The van der Waals surface area contributed by atoms with Crippen molar-refractivity contribution >= 4 is 5.65 Å². The van der Waals surface area contributed by atoms with E-state index in [4.69, 9.17) is 9.97 Å². The summed E-state index contributed by atoms with van der Waals surface area (Å²) in [5, 5.41) is 9.06. The minimum Gasteiger partial charge on any atom is -0.286 e. The maximum absolute atomic E-state index is 14.8. The Kier molecular flexibility index (Phi) is 6.24. The highest BCUT2D eigenvalue weighted by atomic mass is 19.3. The van der Waals surface area contributed by atoms with Crippen LogP contribution in [0.15, 0.2) is 67.3 Å². The van der Waals surface area contributed by atoms with Gasteiger partial charge in [-0.1, -0.05) is 12.1 Å². The molecule has 6 aromatic rings. The SMILES string of the molecule is Cc1nn([C@H](c2ccc(F)cc2)C(C)(F)F)cc1-c1cncc(-c2ccn3nc(-n4c(C)ccc4C)nc3c2C)n1. The number of rotatable bonds is 6. The number of pyridine rings is 1. The van der Waals surface area contributed by atoms with Crippen LogP contribution < -0.4 is 0 Å². The van der Waals surface area contributed by atoms with Crippen LogP contribution in [-0.4, -0.2) is 44.8 Å². The van der Waals surface area contributed by atoms with E-state index in [0.717, 1.165) is 29.4 Å². The highest BCUT2D eigenvalue weighted by molar-refractivity contribution is 5.72. The van der Waals surface area contributed by atoms with Gasteiger partial charge >= 0.3 is 0 Å². The summed E-state index contributed by atoms with van der Waals surface area (Å²) >= 11 is 0. The molecule has 208 valence electrons. The summed E-state index contributed by atoms with van der Waals surface area (Å²) in [4.78, 5) is 14.0. The number of nitrogens with zero attached hydrogens (tertiary/aromatic N) is 8. The van der Waals surface area contributed by atoms with E-state index in [1.165, 1.54) is 35.1 Å². The van der Waals surface area contributed by atoms with E-state index in [2.05, 4.69) is 15.2 Å². The van der Waals surface area contributed by atoms with Crippen molar-refractivity contribution in [2.75, 3.05) is 0 Å². The third-order valence-corrected chi connectivity index (χ3v) is 7.25. The van der Waals surface area contributed by atoms with E-state index in [9.17, 15) is 13.2 Å². The molecular weight excluding hydrogens is 529 g/mol. The molecule has 6 rings (SSSR count). The van der Waals surface area contributed by atoms with Crippen LogP contribution in [0.1, 0.15) is 41.2 Å². The van der Waals surface area contributed by atoms with Gasteiger partial charge in [-0.2, -0.15) is 10.1 Å². The Morgan fingerprint density at radius 2 is 1.46 bits per heavy atom. The molecule has 8 nitrogen and oxygen atoms in total. The third-order valence-electron chi connectivity index (χ3n) is 7.25. The van der Waals surface area contributed by atoms with Gasteiger partial charge in [-0.05, 0) is 63.6 Å². The normalized spacial score (nSPS) is 12.8. The van der Waals surface area contributed by atoms with Crippen LogP contribution >= 0.6 is 0 Å². The van der Waals surface area contributed by atoms with Crippen LogP contribution in [0, 0.1) is 33.5 Å². The van der Waals surface area contributed by atoms with E-state index in [1.54, 1.807) is 23.8 Å². The lowest BCUT2D eigenvalue weighted by Crippen LogP contribution is -2.29. The molecular formula is C30H27F3N8. The predicted molar refractivity (Wildman–Crippen MR) is 149 cm³/mol. The Morgan fingerprint density at radius 3 is 2.12 bits per heavy atom. The van der Waals surface area contributed by atoms with Crippen LogP contribution in [0.4, 0.5) is 13.2 Å². The third kappa shape index (κ3) is 4.66. The molecule has 5 aromatic heterocycles. The highest BCUT2D eigenvalue weighted by Gasteiger charge is 2.38. The fourth-order valence-corrected chi connectivity index (χ4v) is 5.23. The summed E-state index contributed by atoms with van der Waals surface area (Å²) in [5.41, 5.74) is 6.87. The Morgan fingerprint density at radius 1 is 0.805 bits per heavy atom. The second-order valence-corrected chi connectivity index (χ2v) is 10.3. The fraction of sp³-hybridized carbons (Fsp3) is 0.233. The quantitative estimate of drug-likeness (QED) is 0.235. The number of hydrogen-bond acceptors (Lipinski definition) is 5. The van der Waals surface area contributed by atoms with Gasteiger partial charge < -0.3 is 0 Å². The predicted octanol–water partition coefficient (Wildman–Crippen LogP) is 6.46. The van der Waals surface area contributed by atoms with Crippen LogP contribution in [-0.2, 0) is 0 Å². The lowest BCUT2D eigenvalue weighted by molar-refractivity contribution is -0.0217. The standard InChI is InChI=1S/C30H27F3N8/c1-17-6-7-18(2)41(17)29-36-28-19(3)23(12-13-39(28)38-29)25-14-34-15-26(35-25)24-16-40(37-20(24)4)27(30(5,32)33)21-8-10-22(31)11-9-21/h6-16,27H,1-5H3/t27-/m1/s1. The molecule has 0 unspecified atom stereocenters. The maximum atomic E-state index is 14.8. The topological polar surface area (TPSA) is 78.7 Å². The molecule has 1 atom stereocenters. The van der Waals surface area contributed by atoms with Gasteiger partial charge in [-0.15, -0.1) is 5.10 Å².